The summed E-state index contributed by atoms with van der Waals surface area (Å²) in [5, 5.41) is 6.89. The number of halogens is 1. The highest BCUT2D eigenvalue weighted by molar-refractivity contribution is 6.30. The first kappa shape index (κ1) is 18.3. The average molecular weight is 346 g/mol. The minimum atomic E-state index is -0.161. The molecule has 24 heavy (non-hydrogen) atoms. The first-order chi connectivity index (χ1) is 11.5. The normalized spacial score (nSPS) is 10.7. The molecule has 0 atom stereocenters. The van der Waals surface area contributed by atoms with Crippen LogP contribution < -0.4 is 10.6 Å². The standard InChI is InChI=1S/C19H24ClN3O/c1-14(2)8-10-21-17-6-7-18(23-13-17)19(24)22-11-9-15-4-3-5-16(20)12-15/h3-7,12-14,21H,8-11H2,1-2H3,(H,22,24). The maximum atomic E-state index is 12.1. The van der Waals surface area contributed by atoms with Crippen LogP contribution in [0.5, 0.6) is 0 Å². The molecule has 0 unspecified atom stereocenters. The number of hydrogen-bond acceptors (Lipinski definition) is 3. The lowest BCUT2D eigenvalue weighted by Crippen LogP contribution is -2.26. The molecule has 0 spiro atoms. The second kappa shape index (κ2) is 9.28. The Balaban J connectivity index is 1.77. The van der Waals surface area contributed by atoms with Gasteiger partial charge in [-0.3, -0.25) is 4.79 Å². The molecule has 0 aliphatic rings. The van der Waals surface area contributed by atoms with Gasteiger partial charge < -0.3 is 10.6 Å². The van der Waals surface area contributed by atoms with E-state index in [1.165, 1.54) is 0 Å². The van der Waals surface area contributed by atoms with Gasteiger partial charge in [0, 0.05) is 18.1 Å². The summed E-state index contributed by atoms with van der Waals surface area (Å²) >= 11 is 5.95. The summed E-state index contributed by atoms with van der Waals surface area (Å²) in [4.78, 5) is 16.3. The van der Waals surface area contributed by atoms with Crippen molar-refractivity contribution in [3.63, 3.8) is 0 Å². The third-order valence-corrected chi connectivity index (χ3v) is 3.87. The van der Waals surface area contributed by atoms with Gasteiger partial charge in [-0.25, -0.2) is 4.98 Å². The van der Waals surface area contributed by atoms with E-state index in [4.69, 9.17) is 11.6 Å². The molecule has 1 aromatic heterocycles. The molecule has 0 fully saturated rings. The van der Waals surface area contributed by atoms with Crippen molar-refractivity contribution in [3.8, 4) is 0 Å². The lowest BCUT2D eigenvalue weighted by molar-refractivity contribution is 0.0949. The number of anilines is 1. The molecule has 0 saturated heterocycles. The van der Waals surface area contributed by atoms with Crippen LogP contribution in [0.3, 0.4) is 0 Å². The van der Waals surface area contributed by atoms with Crippen LogP contribution in [0.25, 0.3) is 0 Å². The van der Waals surface area contributed by atoms with Gasteiger partial charge in [-0.15, -0.1) is 0 Å². The largest absolute Gasteiger partial charge is 0.384 e. The zero-order valence-corrected chi connectivity index (χ0v) is 14.9. The van der Waals surface area contributed by atoms with Crippen molar-refractivity contribution in [2.45, 2.75) is 26.7 Å². The maximum absolute atomic E-state index is 12.1. The monoisotopic (exact) mass is 345 g/mol. The Morgan fingerprint density at radius 1 is 1.21 bits per heavy atom. The van der Waals surface area contributed by atoms with Crippen LogP contribution >= 0.6 is 11.6 Å². The van der Waals surface area contributed by atoms with Crippen LogP contribution in [0.4, 0.5) is 5.69 Å². The summed E-state index contributed by atoms with van der Waals surface area (Å²) in [6.45, 7) is 5.84. The number of nitrogens with one attached hydrogen (secondary N) is 2. The van der Waals surface area contributed by atoms with Crippen molar-refractivity contribution in [1.29, 1.82) is 0 Å². The Kier molecular flexibility index (Phi) is 7.07. The van der Waals surface area contributed by atoms with Crippen molar-refractivity contribution in [2.75, 3.05) is 18.4 Å². The molecule has 128 valence electrons. The maximum Gasteiger partial charge on any atom is 0.269 e. The molecular formula is C19H24ClN3O. The highest BCUT2D eigenvalue weighted by atomic mass is 35.5. The van der Waals surface area contributed by atoms with E-state index in [1.807, 2.05) is 30.3 Å². The van der Waals surface area contributed by atoms with Crippen LogP contribution in [-0.4, -0.2) is 24.0 Å². The lowest BCUT2D eigenvalue weighted by Gasteiger charge is -2.09. The molecule has 5 heteroatoms. The van der Waals surface area contributed by atoms with Gasteiger partial charge >= 0.3 is 0 Å². The molecule has 1 heterocycles. The van der Waals surface area contributed by atoms with Crippen molar-refractivity contribution < 1.29 is 4.79 Å². The van der Waals surface area contributed by atoms with Crippen LogP contribution in [0.1, 0.15) is 36.3 Å². The van der Waals surface area contributed by atoms with E-state index in [2.05, 4.69) is 29.5 Å². The minimum Gasteiger partial charge on any atom is -0.384 e. The summed E-state index contributed by atoms with van der Waals surface area (Å²) in [7, 11) is 0. The zero-order chi connectivity index (χ0) is 17.4. The number of carbonyl (C=O) groups is 1. The quantitative estimate of drug-likeness (QED) is 0.755. The molecule has 2 N–H and O–H groups in total. The van der Waals surface area contributed by atoms with Crippen molar-refractivity contribution in [2.24, 2.45) is 5.92 Å². The molecule has 1 aromatic carbocycles. The number of amides is 1. The predicted molar refractivity (Wildman–Crippen MR) is 99.7 cm³/mol. The SMILES string of the molecule is CC(C)CCNc1ccc(C(=O)NCCc2cccc(Cl)c2)nc1. The first-order valence-corrected chi connectivity index (χ1v) is 8.65. The van der Waals surface area contributed by atoms with E-state index >= 15 is 0 Å². The third kappa shape index (κ3) is 6.20. The van der Waals surface area contributed by atoms with E-state index in [0.717, 1.165) is 30.6 Å². The molecule has 2 rings (SSSR count). The van der Waals surface area contributed by atoms with Crippen molar-refractivity contribution >= 4 is 23.2 Å². The van der Waals surface area contributed by atoms with Gasteiger partial charge in [0.25, 0.3) is 5.91 Å². The Morgan fingerprint density at radius 3 is 2.71 bits per heavy atom. The number of rotatable bonds is 8. The molecule has 0 aliphatic carbocycles. The van der Waals surface area contributed by atoms with Crippen molar-refractivity contribution in [1.82, 2.24) is 10.3 Å². The van der Waals surface area contributed by atoms with Crippen LogP contribution in [-0.2, 0) is 6.42 Å². The Labute approximate surface area is 148 Å². The Bertz CT molecular complexity index is 656. The van der Waals surface area contributed by atoms with E-state index in [-0.39, 0.29) is 5.91 Å². The summed E-state index contributed by atoms with van der Waals surface area (Å²) in [5.41, 5.74) is 2.46. The van der Waals surface area contributed by atoms with Crippen LogP contribution in [0.15, 0.2) is 42.6 Å². The third-order valence-electron chi connectivity index (χ3n) is 3.64. The van der Waals surface area contributed by atoms with Gasteiger partial charge in [0.15, 0.2) is 0 Å². The van der Waals surface area contributed by atoms with Crippen LogP contribution in [0, 0.1) is 5.92 Å². The molecule has 2 aromatic rings. The highest BCUT2D eigenvalue weighted by Gasteiger charge is 2.06. The van der Waals surface area contributed by atoms with Gasteiger partial charge in [0.05, 0.1) is 11.9 Å². The number of hydrogen-bond donors (Lipinski definition) is 2. The number of pyridine rings is 1. The number of benzene rings is 1. The Hall–Kier alpha value is -2.07. The second-order valence-corrected chi connectivity index (χ2v) is 6.61. The van der Waals surface area contributed by atoms with Gasteiger partial charge in [0.1, 0.15) is 5.69 Å². The summed E-state index contributed by atoms with van der Waals surface area (Å²) in [6, 6.07) is 11.3. The minimum absolute atomic E-state index is 0.161. The zero-order valence-electron chi connectivity index (χ0n) is 14.2. The molecule has 4 nitrogen and oxygen atoms in total. The van der Waals surface area contributed by atoms with Crippen LogP contribution in [0.2, 0.25) is 5.02 Å². The molecule has 0 saturated carbocycles. The van der Waals surface area contributed by atoms with E-state index in [9.17, 15) is 4.79 Å². The fourth-order valence-electron chi connectivity index (χ4n) is 2.24. The predicted octanol–water partition coefficient (Wildman–Crippen LogP) is 4.17. The lowest BCUT2D eigenvalue weighted by atomic mass is 10.1. The van der Waals surface area contributed by atoms with E-state index < -0.39 is 0 Å². The molecule has 0 radical (unpaired) electrons. The molecular weight excluding hydrogens is 322 g/mol. The topological polar surface area (TPSA) is 54.0 Å². The molecule has 1 amide bonds. The van der Waals surface area contributed by atoms with Gasteiger partial charge in [-0.2, -0.15) is 0 Å². The van der Waals surface area contributed by atoms with Gasteiger partial charge in [0.2, 0.25) is 0 Å². The number of aromatic nitrogens is 1. The first-order valence-electron chi connectivity index (χ1n) is 8.27. The number of carbonyl (C=O) groups excluding carboxylic acids is 1. The second-order valence-electron chi connectivity index (χ2n) is 6.18. The summed E-state index contributed by atoms with van der Waals surface area (Å²) in [5.74, 6) is 0.501. The van der Waals surface area contributed by atoms with Gasteiger partial charge in [-0.1, -0.05) is 37.6 Å². The van der Waals surface area contributed by atoms with E-state index in [1.54, 1.807) is 12.3 Å². The summed E-state index contributed by atoms with van der Waals surface area (Å²) < 4.78 is 0. The number of nitrogens with zero attached hydrogens (tertiary/aromatic N) is 1. The fourth-order valence-corrected chi connectivity index (χ4v) is 2.45. The van der Waals surface area contributed by atoms with E-state index in [0.29, 0.717) is 23.2 Å². The summed E-state index contributed by atoms with van der Waals surface area (Å²) in [6.07, 6.45) is 3.54. The average Bonchev–Trinajstić information content (AvgIpc) is 2.55. The smallest absolute Gasteiger partial charge is 0.269 e. The highest BCUT2D eigenvalue weighted by Crippen LogP contribution is 2.11. The molecule has 0 aliphatic heterocycles. The van der Waals surface area contributed by atoms with Crippen molar-refractivity contribution in [3.05, 3.63) is 58.9 Å². The van der Waals surface area contributed by atoms with Gasteiger partial charge in [-0.05, 0) is 48.6 Å². The molecule has 0 bridgehead atoms. The fraction of sp³-hybridized carbons (Fsp3) is 0.368. The Morgan fingerprint density at radius 2 is 2.04 bits per heavy atom.